The second kappa shape index (κ2) is 4.63. The van der Waals surface area contributed by atoms with Gasteiger partial charge >= 0.3 is 0 Å². The summed E-state index contributed by atoms with van der Waals surface area (Å²) in [4.78, 5) is 14.1. The third-order valence-electron chi connectivity index (χ3n) is 3.72. The Morgan fingerprint density at radius 3 is 2.78 bits per heavy atom. The van der Waals surface area contributed by atoms with Crippen LogP contribution in [0.15, 0.2) is 12.4 Å². The van der Waals surface area contributed by atoms with Crippen molar-refractivity contribution in [2.24, 2.45) is 11.3 Å². The summed E-state index contributed by atoms with van der Waals surface area (Å²) in [5, 5.41) is 4.04. The molecular weight excluding hydrogens is 228 g/mol. The molecule has 1 aromatic rings. The van der Waals surface area contributed by atoms with Crippen molar-refractivity contribution in [2.75, 3.05) is 18.8 Å². The highest BCUT2D eigenvalue weighted by Gasteiger charge is 2.33. The van der Waals surface area contributed by atoms with Crippen molar-refractivity contribution in [2.45, 2.75) is 33.7 Å². The van der Waals surface area contributed by atoms with Gasteiger partial charge in [0.25, 0.3) is 0 Å². The Labute approximate surface area is 108 Å². The van der Waals surface area contributed by atoms with E-state index in [9.17, 15) is 4.79 Å². The molecule has 1 saturated heterocycles. The molecule has 1 aliphatic rings. The molecule has 1 fully saturated rings. The number of hydrogen-bond acceptors (Lipinski definition) is 3. The minimum absolute atomic E-state index is 0.129. The van der Waals surface area contributed by atoms with Crippen molar-refractivity contribution in [3.05, 3.63) is 12.4 Å². The van der Waals surface area contributed by atoms with Crippen LogP contribution < -0.4 is 5.73 Å². The van der Waals surface area contributed by atoms with Gasteiger partial charge in [0, 0.05) is 19.3 Å². The Morgan fingerprint density at radius 2 is 2.28 bits per heavy atom. The Morgan fingerprint density at radius 1 is 1.56 bits per heavy atom. The first kappa shape index (κ1) is 12.9. The molecule has 1 aliphatic heterocycles. The average Bonchev–Trinajstić information content (AvgIpc) is 2.85. The van der Waals surface area contributed by atoms with E-state index in [2.05, 4.69) is 25.9 Å². The quantitative estimate of drug-likeness (QED) is 0.862. The van der Waals surface area contributed by atoms with E-state index in [-0.39, 0.29) is 17.9 Å². The number of amides is 1. The highest BCUT2D eigenvalue weighted by atomic mass is 16.2. The maximum absolute atomic E-state index is 12.1. The lowest BCUT2D eigenvalue weighted by atomic mass is 9.80. The van der Waals surface area contributed by atoms with Gasteiger partial charge in [0.05, 0.1) is 11.9 Å². The van der Waals surface area contributed by atoms with Crippen LogP contribution in [-0.2, 0) is 11.3 Å². The molecule has 2 heterocycles. The molecule has 1 unspecified atom stereocenters. The van der Waals surface area contributed by atoms with Gasteiger partial charge in [0.2, 0.25) is 5.91 Å². The standard InChI is InChI=1S/C13H22N4O/c1-13(2,3)10-4-5-16(7-10)12(18)9-17-8-11(14)6-15-17/h6,8,10H,4-5,7,9,14H2,1-3H3. The first-order valence-corrected chi connectivity index (χ1v) is 6.42. The molecule has 0 radical (unpaired) electrons. The van der Waals surface area contributed by atoms with Crippen LogP contribution in [0.1, 0.15) is 27.2 Å². The third kappa shape index (κ3) is 2.83. The summed E-state index contributed by atoms with van der Waals surface area (Å²) in [5.74, 6) is 0.717. The van der Waals surface area contributed by atoms with Gasteiger partial charge in [-0.2, -0.15) is 5.10 Å². The van der Waals surface area contributed by atoms with Crippen LogP contribution in [0.5, 0.6) is 0 Å². The summed E-state index contributed by atoms with van der Waals surface area (Å²) in [7, 11) is 0. The van der Waals surface area contributed by atoms with E-state index in [0.717, 1.165) is 19.5 Å². The Kier molecular flexibility index (Phi) is 3.32. The van der Waals surface area contributed by atoms with Crippen LogP contribution in [0.4, 0.5) is 5.69 Å². The lowest BCUT2D eigenvalue weighted by Gasteiger charge is -2.26. The van der Waals surface area contributed by atoms with Gasteiger partial charge in [-0.15, -0.1) is 0 Å². The smallest absolute Gasteiger partial charge is 0.244 e. The summed E-state index contributed by atoms with van der Waals surface area (Å²) < 4.78 is 1.60. The third-order valence-corrected chi connectivity index (χ3v) is 3.72. The first-order valence-electron chi connectivity index (χ1n) is 6.42. The topological polar surface area (TPSA) is 64.2 Å². The molecule has 2 rings (SSSR count). The average molecular weight is 250 g/mol. The van der Waals surface area contributed by atoms with Crippen molar-refractivity contribution in [3.8, 4) is 0 Å². The molecule has 18 heavy (non-hydrogen) atoms. The summed E-state index contributed by atoms with van der Waals surface area (Å²) in [5.41, 5.74) is 6.44. The lowest BCUT2D eigenvalue weighted by Crippen LogP contribution is -2.33. The molecule has 1 atom stereocenters. The fourth-order valence-corrected chi connectivity index (χ4v) is 2.40. The van der Waals surface area contributed by atoms with Gasteiger partial charge in [0.1, 0.15) is 6.54 Å². The molecule has 0 aliphatic carbocycles. The molecule has 0 saturated carbocycles. The van der Waals surface area contributed by atoms with Gasteiger partial charge in [0.15, 0.2) is 0 Å². The Balaban J connectivity index is 1.92. The predicted molar refractivity (Wildman–Crippen MR) is 70.8 cm³/mol. The maximum Gasteiger partial charge on any atom is 0.244 e. The largest absolute Gasteiger partial charge is 0.396 e. The van der Waals surface area contributed by atoms with Gasteiger partial charge in [-0.3, -0.25) is 9.48 Å². The van der Waals surface area contributed by atoms with Crippen LogP contribution >= 0.6 is 0 Å². The van der Waals surface area contributed by atoms with E-state index in [1.807, 2.05) is 4.90 Å². The van der Waals surface area contributed by atoms with Crippen molar-refractivity contribution in [1.29, 1.82) is 0 Å². The fourth-order valence-electron chi connectivity index (χ4n) is 2.40. The van der Waals surface area contributed by atoms with E-state index in [4.69, 9.17) is 5.73 Å². The van der Waals surface area contributed by atoms with Gasteiger partial charge in [-0.05, 0) is 17.8 Å². The van der Waals surface area contributed by atoms with E-state index in [1.165, 1.54) is 0 Å². The number of aromatic nitrogens is 2. The van der Waals surface area contributed by atoms with Crippen molar-refractivity contribution >= 4 is 11.6 Å². The number of nitrogens with zero attached hydrogens (tertiary/aromatic N) is 3. The highest BCUT2D eigenvalue weighted by molar-refractivity contribution is 5.76. The second-order valence-electron chi connectivity index (χ2n) is 6.16. The van der Waals surface area contributed by atoms with E-state index < -0.39 is 0 Å². The number of carbonyl (C=O) groups is 1. The lowest BCUT2D eigenvalue weighted by molar-refractivity contribution is -0.131. The van der Waals surface area contributed by atoms with E-state index >= 15 is 0 Å². The van der Waals surface area contributed by atoms with Crippen LogP contribution in [-0.4, -0.2) is 33.7 Å². The number of carbonyl (C=O) groups excluding carboxylic acids is 1. The Hall–Kier alpha value is -1.52. The Bertz CT molecular complexity index is 432. The second-order valence-corrected chi connectivity index (χ2v) is 6.16. The number of likely N-dealkylation sites (tertiary alicyclic amines) is 1. The zero-order chi connectivity index (χ0) is 13.3. The zero-order valence-electron chi connectivity index (χ0n) is 11.4. The molecule has 2 N–H and O–H groups in total. The number of nitrogens with two attached hydrogens (primary N) is 1. The van der Waals surface area contributed by atoms with Crippen molar-refractivity contribution in [3.63, 3.8) is 0 Å². The van der Waals surface area contributed by atoms with Gasteiger partial charge in [-0.1, -0.05) is 20.8 Å². The normalized spacial score (nSPS) is 20.4. The summed E-state index contributed by atoms with van der Waals surface area (Å²) in [6, 6.07) is 0. The summed E-state index contributed by atoms with van der Waals surface area (Å²) in [6.07, 6.45) is 4.35. The monoisotopic (exact) mass is 250 g/mol. The molecule has 1 amide bonds. The number of anilines is 1. The summed E-state index contributed by atoms with van der Waals surface area (Å²) in [6.45, 7) is 8.71. The van der Waals surface area contributed by atoms with Crippen molar-refractivity contribution < 1.29 is 4.79 Å². The number of rotatable bonds is 2. The molecule has 100 valence electrons. The van der Waals surface area contributed by atoms with Crippen molar-refractivity contribution in [1.82, 2.24) is 14.7 Å². The minimum Gasteiger partial charge on any atom is -0.396 e. The predicted octanol–water partition coefficient (Wildman–Crippen LogP) is 1.36. The minimum atomic E-state index is 0.129. The SMILES string of the molecule is CC(C)(C)C1CCN(C(=O)Cn2cc(N)cn2)C1. The number of nitrogen functional groups attached to an aromatic ring is 1. The molecule has 0 bridgehead atoms. The van der Waals surface area contributed by atoms with E-state index in [1.54, 1.807) is 17.1 Å². The molecule has 0 aromatic carbocycles. The van der Waals surface area contributed by atoms with Crippen LogP contribution in [0.25, 0.3) is 0 Å². The zero-order valence-corrected chi connectivity index (χ0v) is 11.4. The first-order chi connectivity index (χ1) is 8.36. The van der Waals surface area contributed by atoms with Crippen LogP contribution in [0, 0.1) is 11.3 Å². The molecule has 1 aromatic heterocycles. The molecular formula is C13H22N4O. The van der Waals surface area contributed by atoms with Crippen LogP contribution in [0.2, 0.25) is 0 Å². The molecule has 5 nitrogen and oxygen atoms in total. The fraction of sp³-hybridized carbons (Fsp3) is 0.692. The van der Waals surface area contributed by atoms with Gasteiger partial charge in [-0.25, -0.2) is 0 Å². The summed E-state index contributed by atoms with van der Waals surface area (Å²) >= 11 is 0. The van der Waals surface area contributed by atoms with E-state index in [0.29, 0.717) is 11.6 Å². The number of hydrogen-bond donors (Lipinski definition) is 1. The maximum atomic E-state index is 12.1. The molecule has 0 spiro atoms. The molecule has 5 heteroatoms. The van der Waals surface area contributed by atoms with Crippen LogP contribution in [0.3, 0.4) is 0 Å². The highest BCUT2D eigenvalue weighted by Crippen LogP contribution is 2.33. The van der Waals surface area contributed by atoms with Gasteiger partial charge < -0.3 is 10.6 Å².